The van der Waals surface area contributed by atoms with Gasteiger partial charge in [-0.3, -0.25) is 0 Å². The standard InChI is InChI=1S/C22H32O5/c1-16(13-18(23)26-17-7-5-6-8-17)9-10-22-19(2,3)14-21(24-11-12-25-21)15-20(22,4)27-22/h9-10,13,17H,5-8,11-12,14-15H2,1-4H3. The van der Waals surface area contributed by atoms with Crippen LogP contribution < -0.4 is 0 Å². The van der Waals surface area contributed by atoms with Crippen LogP contribution >= 0.6 is 0 Å². The number of hydrogen-bond donors (Lipinski definition) is 0. The maximum atomic E-state index is 12.1. The zero-order valence-electron chi connectivity index (χ0n) is 17.0. The second-order valence-corrected chi connectivity index (χ2v) is 9.48. The maximum absolute atomic E-state index is 12.1. The van der Waals surface area contributed by atoms with E-state index in [0.717, 1.165) is 44.1 Å². The number of rotatable bonds is 4. The van der Waals surface area contributed by atoms with Crippen LogP contribution in [0.2, 0.25) is 0 Å². The molecular weight excluding hydrogens is 344 g/mol. The smallest absolute Gasteiger partial charge is 0.331 e. The highest BCUT2D eigenvalue weighted by Crippen LogP contribution is 2.69. The molecule has 0 aromatic carbocycles. The summed E-state index contributed by atoms with van der Waals surface area (Å²) in [6.45, 7) is 9.80. The largest absolute Gasteiger partial charge is 0.459 e. The number of hydrogen-bond acceptors (Lipinski definition) is 5. The fraction of sp³-hybridized carbons (Fsp3) is 0.773. The van der Waals surface area contributed by atoms with Gasteiger partial charge in [0.25, 0.3) is 0 Å². The topological polar surface area (TPSA) is 57.3 Å². The zero-order chi connectivity index (χ0) is 19.3. The first-order valence-corrected chi connectivity index (χ1v) is 10.3. The molecule has 1 spiro atoms. The van der Waals surface area contributed by atoms with Gasteiger partial charge in [-0.05, 0) is 51.2 Å². The van der Waals surface area contributed by atoms with Crippen LogP contribution in [0.4, 0.5) is 0 Å². The van der Waals surface area contributed by atoms with Crippen LogP contribution in [-0.2, 0) is 23.7 Å². The van der Waals surface area contributed by atoms with Crippen LogP contribution in [-0.4, -0.2) is 42.3 Å². The van der Waals surface area contributed by atoms with Crippen LogP contribution in [0.3, 0.4) is 0 Å². The minimum absolute atomic E-state index is 0.0964. The number of ether oxygens (including phenoxy) is 4. The summed E-state index contributed by atoms with van der Waals surface area (Å²) in [7, 11) is 0. The molecule has 0 radical (unpaired) electrons. The van der Waals surface area contributed by atoms with Crippen molar-refractivity contribution in [3.05, 3.63) is 23.8 Å². The van der Waals surface area contributed by atoms with Crippen molar-refractivity contribution in [3.8, 4) is 0 Å². The monoisotopic (exact) mass is 376 g/mol. The Bertz CT molecular complexity index is 666. The summed E-state index contributed by atoms with van der Waals surface area (Å²) in [5.74, 6) is -0.752. The molecule has 2 saturated carbocycles. The van der Waals surface area contributed by atoms with E-state index in [1.807, 2.05) is 13.0 Å². The van der Waals surface area contributed by atoms with Crippen molar-refractivity contribution in [2.24, 2.45) is 5.41 Å². The van der Waals surface area contributed by atoms with Crippen LogP contribution in [0.5, 0.6) is 0 Å². The first-order chi connectivity index (χ1) is 12.7. The van der Waals surface area contributed by atoms with Crippen molar-refractivity contribution < 1.29 is 23.7 Å². The average Bonchev–Trinajstić information content (AvgIpc) is 2.95. The predicted octanol–water partition coefficient (Wildman–Crippen LogP) is 4.07. The summed E-state index contributed by atoms with van der Waals surface area (Å²) >= 11 is 0. The van der Waals surface area contributed by atoms with E-state index >= 15 is 0 Å². The number of fused-ring (bicyclic) bond motifs is 1. The van der Waals surface area contributed by atoms with E-state index in [2.05, 4.69) is 26.8 Å². The molecular formula is C22H32O5. The number of carbonyl (C=O) groups is 1. The molecule has 0 aromatic rings. The molecule has 2 atom stereocenters. The van der Waals surface area contributed by atoms with E-state index in [9.17, 15) is 4.79 Å². The van der Waals surface area contributed by atoms with Crippen molar-refractivity contribution in [2.75, 3.05) is 13.2 Å². The Morgan fingerprint density at radius 1 is 1.07 bits per heavy atom. The van der Waals surface area contributed by atoms with Crippen LogP contribution in [0, 0.1) is 5.41 Å². The lowest BCUT2D eigenvalue weighted by atomic mass is 9.61. The Morgan fingerprint density at radius 3 is 2.37 bits per heavy atom. The molecule has 5 nitrogen and oxygen atoms in total. The summed E-state index contributed by atoms with van der Waals surface area (Å²) in [6.07, 6.45) is 11.6. The van der Waals surface area contributed by atoms with Crippen LogP contribution in [0.1, 0.15) is 66.2 Å². The quantitative estimate of drug-likeness (QED) is 0.320. The van der Waals surface area contributed by atoms with Crippen molar-refractivity contribution in [2.45, 2.75) is 89.3 Å². The van der Waals surface area contributed by atoms with Crippen molar-refractivity contribution in [3.63, 3.8) is 0 Å². The van der Waals surface area contributed by atoms with E-state index in [0.29, 0.717) is 13.2 Å². The molecule has 150 valence electrons. The Morgan fingerprint density at radius 2 is 1.74 bits per heavy atom. The van der Waals surface area contributed by atoms with Gasteiger partial charge >= 0.3 is 5.97 Å². The Balaban J connectivity index is 1.45. The van der Waals surface area contributed by atoms with Gasteiger partial charge in [-0.1, -0.05) is 19.9 Å². The lowest BCUT2D eigenvalue weighted by molar-refractivity contribution is -0.201. The molecule has 2 aliphatic heterocycles. The van der Waals surface area contributed by atoms with E-state index in [1.54, 1.807) is 6.08 Å². The summed E-state index contributed by atoms with van der Waals surface area (Å²) in [5, 5.41) is 0. The minimum Gasteiger partial charge on any atom is -0.459 e. The molecule has 0 bridgehead atoms. The van der Waals surface area contributed by atoms with E-state index in [-0.39, 0.29) is 28.7 Å². The predicted molar refractivity (Wildman–Crippen MR) is 101 cm³/mol. The Labute approximate surface area is 162 Å². The Hall–Kier alpha value is -1.17. The molecule has 4 fully saturated rings. The van der Waals surface area contributed by atoms with Gasteiger partial charge in [-0.2, -0.15) is 0 Å². The molecule has 2 aliphatic carbocycles. The van der Waals surface area contributed by atoms with Crippen LogP contribution in [0.25, 0.3) is 0 Å². The summed E-state index contributed by atoms with van der Waals surface area (Å²) in [6, 6.07) is 0. The lowest BCUT2D eigenvalue weighted by Crippen LogP contribution is -2.52. The van der Waals surface area contributed by atoms with Gasteiger partial charge in [0.2, 0.25) is 0 Å². The molecule has 2 heterocycles. The second-order valence-electron chi connectivity index (χ2n) is 9.48. The third-order valence-electron chi connectivity index (χ3n) is 6.78. The average molecular weight is 376 g/mol. The van der Waals surface area contributed by atoms with Gasteiger partial charge in [0.1, 0.15) is 17.3 Å². The van der Waals surface area contributed by atoms with Gasteiger partial charge in [0, 0.05) is 24.3 Å². The summed E-state index contributed by atoms with van der Waals surface area (Å²) in [5.41, 5.74) is 0.0890. The molecule has 27 heavy (non-hydrogen) atoms. The fourth-order valence-corrected chi connectivity index (χ4v) is 5.56. The number of allylic oxidation sites excluding steroid dienone is 2. The highest BCUT2D eigenvalue weighted by Gasteiger charge is 2.78. The molecule has 0 amide bonds. The molecule has 5 heteroatoms. The number of esters is 1. The maximum Gasteiger partial charge on any atom is 0.331 e. The van der Waals surface area contributed by atoms with Gasteiger partial charge in [0.05, 0.1) is 13.2 Å². The SMILES string of the molecule is CC(C=CC12OC1(C)CC1(CC2(C)C)OCCO1)=CC(=O)OC1CCCC1. The minimum atomic E-state index is -0.512. The van der Waals surface area contributed by atoms with Gasteiger partial charge in [-0.15, -0.1) is 0 Å². The first kappa shape index (κ1) is 19.2. The zero-order valence-corrected chi connectivity index (χ0v) is 17.0. The fourth-order valence-electron chi connectivity index (χ4n) is 5.56. The third-order valence-corrected chi connectivity index (χ3v) is 6.78. The molecule has 2 saturated heterocycles. The molecule has 4 aliphatic rings. The van der Waals surface area contributed by atoms with Gasteiger partial charge in [0.15, 0.2) is 5.79 Å². The number of epoxide rings is 1. The molecule has 0 aromatic heterocycles. The molecule has 2 unspecified atom stereocenters. The Kier molecular flexibility index (Phi) is 4.56. The van der Waals surface area contributed by atoms with Crippen LogP contribution in [0.15, 0.2) is 23.8 Å². The lowest BCUT2D eigenvalue weighted by Gasteiger charge is -2.45. The summed E-state index contributed by atoms with van der Waals surface area (Å²) < 4.78 is 23.8. The van der Waals surface area contributed by atoms with E-state index < -0.39 is 5.79 Å². The van der Waals surface area contributed by atoms with Crippen molar-refractivity contribution >= 4 is 5.97 Å². The van der Waals surface area contributed by atoms with E-state index in [1.165, 1.54) is 0 Å². The highest BCUT2D eigenvalue weighted by molar-refractivity contribution is 5.83. The summed E-state index contributed by atoms with van der Waals surface area (Å²) in [4.78, 5) is 12.1. The van der Waals surface area contributed by atoms with Crippen molar-refractivity contribution in [1.29, 1.82) is 0 Å². The van der Waals surface area contributed by atoms with E-state index in [4.69, 9.17) is 18.9 Å². The van der Waals surface area contributed by atoms with Gasteiger partial charge in [-0.25, -0.2) is 4.79 Å². The molecule has 4 rings (SSSR count). The van der Waals surface area contributed by atoms with Crippen molar-refractivity contribution in [1.82, 2.24) is 0 Å². The normalized spacial score (nSPS) is 37.7. The first-order valence-electron chi connectivity index (χ1n) is 10.3. The number of carbonyl (C=O) groups excluding carboxylic acids is 1. The molecule has 0 N–H and O–H groups in total. The van der Waals surface area contributed by atoms with Gasteiger partial charge < -0.3 is 18.9 Å². The third kappa shape index (κ3) is 3.28. The highest BCUT2D eigenvalue weighted by atomic mass is 16.7. The second kappa shape index (κ2) is 6.43.